The molecular weight excluding hydrogens is 398 g/mol. The summed E-state index contributed by atoms with van der Waals surface area (Å²) in [5, 5.41) is 3.09. The smallest absolute Gasteiger partial charge is 0.243 e. The van der Waals surface area contributed by atoms with Gasteiger partial charge in [-0.15, -0.1) is 0 Å². The van der Waals surface area contributed by atoms with Gasteiger partial charge in [-0.25, -0.2) is 8.42 Å². The van der Waals surface area contributed by atoms with Crippen molar-refractivity contribution in [1.29, 1.82) is 0 Å². The standard InChI is InChI=1S/C23H37N3O3S/c1-20(25-15-7-2-3-8-16-25)11-14-24-23(27)19-21-12-17-26(18-13-21)30(28,29)22-9-5-4-6-10-22/h4-6,9-10,20-21H,2-3,7-8,11-19H2,1H3,(H,24,27)/t20-/m1/s1. The summed E-state index contributed by atoms with van der Waals surface area (Å²) in [4.78, 5) is 15.3. The zero-order valence-electron chi connectivity index (χ0n) is 18.3. The average molecular weight is 436 g/mol. The van der Waals surface area contributed by atoms with Crippen molar-refractivity contribution in [1.82, 2.24) is 14.5 Å². The summed E-state index contributed by atoms with van der Waals surface area (Å²) in [6, 6.07) is 9.10. The van der Waals surface area contributed by atoms with Gasteiger partial charge in [0.15, 0.2) is 0 Å². The van der Waals surface area contributed by atoms with Gasteiger partial charge < -0.3 is 10.2 Å². The fourth-order valence-electron chi connectivity index (χ4n) is 4.57. The first kappa shape index (κ1) is 23.2. The molecule has 0 aromatic heterocycles. The molecule has 2 aliphatic heterocycles. The molecule has 6 nitrogen and oxygen atoms in total. The Balaban J connectivity index is 1.36. The third-order valence-corrected chi connectivity index (χ3v) is 8.49. The maximum absolute atomic E-state index is 12.7. The normalized spacial score (nSPS) is 21.1. The second-order valence-corrected chi connectivity index (χ2v) is 10.7. The largest absolute Gasteiger partial charge is 0.356 e. The number of nitrogens with zero attached hydrogens (tertiary/aromatic N) is 2. The van der Waals surface area contributed by atoms with E-state index in [0.29, 0.717) is 30.4 Å². The van der Waals surface area contributed by atoms with Crippen molar-refractivity contribution in [2.24, 2.45) is 5.92 Å². The third-order valence-electron chi connectivity index (χ3n) is 6.58. The fraction of sp³-hybridized carbons (Fsp3) is 0.696. The van der Waals surface area contributed by atoms with Crippen molar-refractivity contribution < 1.29 is 13.2 Å². The first-order valence-electron chi connectivity index (χ1n) is 11.5. The van der Waals surface area contributed by atoms with E-state index in [9.17, 15) is 13.2 Å². The molecule has 3 rings (SSSR count). The number of nitrogens with one attached hydrogen (secondary N) is 1. The van der Waals surface area contributed by atoms with Crippen LogP contribution in [-0.2, 0) is 14.8 Å². The molecule has 0 unspecified atom stereocenters. The van der Waals surface area contributed by atoms with Gasteiger partial charge in [0.2, 0.25) is 15.9 Å². The lowest BCUT2D eigenvalue weighted by atomic mass is 9.94. The van der Waals surface area contributed by atoms with E-state index < -0.39 is 10.0 Å². The Labute approximate surface area is 182 Å². The van der Waals surface area contributed by atoms with Crippen molar-refractivity contribution in [3.05, 3.63) is 30.3 Å². The topological polar surface area (TPSA) is 69.7 Å². The highest BCUT2D eigenvalue weighted by atomic mass is 32.2. The Bertz CT molecular complexity index is 753. The van der Waals surface area contributed by atoms with Gasteiger partial charge in [-0.05, 0) is 70.2 Å². The molecule has 2 fully saturated rings. The van der Waals surface area contributed by atoms with Crippen molar-refractivity contribution in [3.8, 4) is 0 Å². The number of benzene rings is 1. The molecule has 2 saturated heterocycles. The number of carbonyl (C=O) groups is 1. The molecule has 0 spiro atoms. The third kappa shape index (κ3) is 6.53. The maximum atomic E-state index is 12.7. The average Bonchev–Trinajstić information content (AvgIpc) is 3.04. The van der Waals surface area contributed by atoms with E-state index in [1.807, 2.05) is 6.07 Å². The van der Waals surface area contributed by atoms with Gasteiger partial charge in [0.05, 0.1) is 4.90 Å². The van der Waals surface area contributed by atoms with Crippen LogP contribution in [0.3, 0.4) is 0 Å². The Hall–Kier alpha value is -1.44. The molecule has 0 aliphatic carbocycles. The van der Waals surface area contributed by atoms with E-state index in [0.717, 1.165) is 25.8 Å². The van der Waals surface area contributed by atoms with Crippen LogP contribution in [0.2, 0.25) is 0 Å². The molecule has 1 atom stereocenters. The summed E-state index contributed by atoms with van der Waals surface area (Å²) < 4.78 is 27.0. The number of piperidine rings is 1. The van der Waals surface area contributed by atoms with Crippen LogP contribution in [0.15, 0.2) is 35.2 Å². The van der Waals surface area contributed by atoms with E-state index in [1.165, 1.54) is 38.8 Å². The van der Waals surface area contributed by atoms with Gasteiger partial charge in [0.1, 0.15) is 0 Å². The molecule has 1 amide bonds. The Morgan fingerprint density at radius 3 is 2.30 bits per heavy atom. The van der Waals surface area contributed by atoms with Gasteiger partial charge in [0, 0.05) is 32.1 Å². The predicted molar refractivity (Wildman–Crippen MR) is 120 cm³/mol. The summed E-state index contributed by atoms with van der Waals surface area (Å²) in [6.45, 7) is 6.32. The van der Waals surface area contributed by atoms with Crippen LogP contribution >= 0.6 is 0 Å². The van der Waals surface area contributed by atoms with Crippen LogP contribution < -0.4 is 5.32 Å². The van der Waals surface area contributed by atoms with Crippen LogP contribution in [-0.4, -0.2) is 62.3 Å². The number of rotatable bonds is 8. The minimum absolute atomic E-state index is 0.0995. The Kier molecular flexibility index (Phi) is 8.72. The monoisotopic (exact) mass is 435 g/mol. The zero-order valence-corrected chi connectivity index (χ0v) is 19.1. The molecule has 1 aromatic rings. The van der Waals surface area contributed by atoms with E-state index >= 15 is 0 Å². The van der Waals surface area contributed by atoms with E-state index in [1.54, 1.807) is 28.6 Å². The molecule has 168 valence electrons. The molecule has 30 heavy (non-hydrogen) atoms. The maximum Gasteiger partial charge on any atom is 0.243 e. The molecule has 0 bridgehead atoms. The summed E-state index contributed by atoms with van der Waals surface area (Å²) in [5.74, 6) is 0.359. The number of amides is 1. The summed E-state index contributed by atoms with van der Waals surface area (Å²) in [6.07, 6.45) is 8.21. The van der Waals surface area contributed by atoms with Crippen molar-refractivity contribution in [2.45, 2.75) is 69.2 Å². The number of likely N-dealkylation sites (tertiary alicyclic amines) is 1. The molecular formula is C23H37N3O3S. The second-order valence-electron chi connectivity index (χ2n) is 8.80. The van der Waals surface area contributed by atoms with Gasteiger partial charge >= 0.3 is 0 Å². The Morgan fingerprint density at radius 1 is 1.03 bits per heavy atom. The van der Waals surface area contributed by atoms with Crippen LogP contribution in [0, 0.1) is 5.92 Å². The first-order chi connectivity index (χ1) is 14.5. The van der Waals surface area contributed by atoms with Crippen molar-refractivity contribution in [3.63, 3.8) is 0 Å². The van der Waals surface area contributed by atoms with Crippen molar-refractivity contribution >= 4 is 15.9 Å². The minimum Gasteiger partial charge on any atom is -0.356 e. The van der Waals surface area contributed by atoms with E-state index in [4.69, 9.17) is 0 Å². The lowest BCUT2D eigenvalue weighted by Gasteiger charge is -2.31. The zero-order chi connectivity index (χ0) is 21.4. The number of carbonyl (C=O) groups excluding carboxylic acids is 1. The highest BCUT2D eigenvalue weighted by molar-refractivity contribution is 7.89. The number of hydrogen-bond donors (Lipinski definition) is 1. The molecule has 0 radical (unpaired) electrons. The quantitative estimate of drug-likeness (QED) is 0.681. The van der Waals surface area contributed by atoms with Gasteiger partial charge in [-0.3, -0.25) is 4.79 Å². The molecule has 2 aliphatic rings. The van der Waals surface area contributed by atoms with Gasteiger partial charge in [-0.1, -0.05) is 31.0 Å². The fourth-order valence-corrected chi connectivity index (χ4v) is 6.06. The molecule has 7 heteroatoms. The lowest BCUT2D eigenvalue weighted by molar-refractivity contribution is -0.122. The van der Waals surface area contributed by atoms with Crippen LogP contribution in [0.1, 0.15) is 58.3 Å². The van der Waals surface area contributed by atoms with Gasteiger partial charge in [-0.2, -0.15) is 4.31 Å². The molecule has 1 aromatic carbocycles. The van der Waals surface area contributed by atoms with Crippen LogP contribution in [0.4, 0.5) is 0 Å². The van der Waals surface area contributed by atoms with Crippen molar-refractivity contribution in [2.75, 3.05) is 32.7 Å². The van der Waals surface area contributed by atoms with Crippen LogP contribution in [0.5, 0.6) is 0 Å². The summed E-state index contributed by atoms with van der Waals surface area (Å²) in [7, 11) is -3.42. The van der Waals surface area contributed by atoms with Crippen LogP contribution in [0.25, 0.3) is 0 Å². The lowest BCUT2D eigenvalue weighted by Crippen LogP contribution is -2.40. The molecule has 1 N–H and O–H groups in total. The highest BCUT2D eigenvalue weighted by Crippen LogP contribution is 2.25. The highest BCUT2D eigenvalue weighted by Gasteiger charge is 2.30. The minimum atomic E-state index is -3.42. The molecule has 2 heterocycles. The summed E-state index contributed by atoms with van der Waals surface area (Å²) >= 11 is 0. The second kappa shape index (κ2) is 11.3. The number of sulfonamides is 1. The Morgan fingerprint density at radius 2 is 1.67 bits per heavy atom. The molecule has 0 saturated carbocycles. The van der Waals surface area contributed by atoms with E-state index in [2.05, 4.69) is 17.1 Å². The number of hydrogen-bond acceptors (Lipinski definition) is 4. The van der Waals surface area contributed by atoms with Gasteiger partial charge in [0.25, 0.3) is 0 Å². The van der Waals surface area contributed by atoms with E-state index in [-0.39, 0.29) is 11.8 Å². The SMILES string of the molecule is C[C@H](CCNC(=O)CC1CCN(S(=O)(=O)c2ccccc2)CC1)N1CCCCCC1. The summed E-state index contributed by atoms with van der Waals surface area (Å²) in [5.41, 5.74) is 0. The predicted octanol–water partition coefficient (Wildman–Crippen LogP) is 3.25. The first-order valence-corrected chi connectivity index (χ1v) is 13.0.